The first-order valence-electron chi connectivity index (χ1n) is 8.82. The average Bonchev–Trinajstić information content (AvgIpc) is 3.43. The smallest absolute Gasteiger partial charge is 0.264 e. The number of aromatic nitrogens is 3. The highest BCUT2D eigenvalue weighted by Gasteiger charge is 2.23. The fourth-order valence-electron chi connectivity index (χ4n) is 3.19. The molecule has 0 bridgehead atoms. The van der Waals surface area contributed by atoms with Crippen molar-refractivity contribution < 1.29 is 4.79 Å². The highest BCUT2D eigenvalue weighted by Crippen LogP contribution is 2.16. The molecule has 4 rings (SSSR count). The van der Waals surface area contributed by atoms with Crippen molar-refractivity contribution in [1.82, 2.24) is 24.1 Å². The average molecular weight is 420 g/mol. The molecule has 0 aliphatic carbocycles. The van der Waals surface area contributed by atoms with Gasteiger partial charge in [-0.1, -0.05) is 12.1 Å². The Labute approximate surface area is 171 Å². The minimum absolute atomic E-state index is 0.136. The van der Waals surface area contributed by atoms with E-state index in [0.29, 0.717) is 6.67 Å². The molecule has 0 spiro atoms. The lowest BCUT2D eigenvalue weighted by molar-refractivity contribution is 0.0589. The first-order chi connectivity index (χ1) is 13.1. The third-order valence-corrected chi connectivity index (χ3v) is 6.99. The number of nitrogens with zero attached hydrogens (tertiary/aromatic N) is 5. The second kappa shape index (κ2) is 8.05. The quantitative estimate of drug-likeness (QED) is 0.596. The largest absolute Gasteiger partial charge is 0.335 e. The Morgan fingerprint density at radius 2 is 1.89 bits per heavy atom. The zero-order valence-electron chi connectivity index (χ0n) is 15.1. The fourth-order valence-corrected chi connectivity index (χ4v) is 4.78. The van der Waals surface area contributed by atoms with Crippen LogP contribution < -0.4 is 0 Å². The molecule has 0 atom stereocenters. The summed E-state index contributed by atoms with van der Waals surface area (Å²) in [7, 11) is 1.98. The molecule has 142 valence electrons. The van der Waals surface area contributed by atoms with Crippen LogP contribution in [0.25, 0.3) is 0 Å². The number of hydrogen-bond donors (Lipinski definition) is 0. The van der Waals surface area contributed by atoms with Crippen molar-refractivity contribution in [2.75, 3.05) is 26.2 Å². The Balaban J connectivity index is 1.38. The summed E-state index contributed by atoms with van der Waals surface area (Å²) in [5.74, 6) is 1.12. The van der Waals surface area contributed by atoms with Crippen LogP contribution in [0.2, 0.25) is 0 Å². The van der Waals surface area contributed by atoms with E-state index in [1.807, 2.05) is 38.7 Å². The molecule has 0 aromatic carbocycles. The maximum atomic E-state index is 12.5. The molecule has 1 aliphatic heterocycles. The normalized spacial score (nSPS) is 15.4. The third-order valence-electron chi connectivity index (χ3n) is 4.77. The van der Waals surface area contributed by atoms with Crippen molar-refractivity contribution in [2.45, 2.75) is 13.1 Å². The van der Waals surface area contributed by atoms with Crippen molar-refractivity contribution in [2.24, 2.45) is 7.05 Å². The molecule has 0 radical (unpaired) electrons. The minimum atomic E-state index is 0.136. The van der Waals surface area contributed by atoms with E-state index in [0.717, 1.165) is 48.1 Å². The van der Waals surface area contributed by atoms with Gasteiger partial charge in [-0.25, -0.2) is 4.68 Å². The number of amides is 1. The fraction of sp³-hybridized carbons (Fsp3) is 0.389. The van der Waals surface area contributed by atoms with Crippen LogP contribution in [0, 0.1) is 4.77 Å². The topological polar surface area (TPSA) is 46.3 Å². The first-order valence-corrected chi connectivity index (χ1v) is 11.0. The van der Waals surface area contributed by atoms with Gasteiger partial charge < -0.3 is 9.47 Å². The summed E-state index contributed by atoms with van der Waals surface area (Å²) in [6.45, 7) is 3.79. The first kappa shape index (κ1) is 18.5. The Bertz CT molecular complexity index is 950. The van der Waals surface area contributed by atoms with Gasteiger partial charge >= 0.3 is 0 Å². The number of thiophene rings is 2. The second-order valence-corrected chi connectivity index (χ2v) is 8.89. The molecule has 1 aliphatic rings. The number of carbonyl (C=O) groups excluding carboxylic acids is 1. The zero-order chi connectivity index (χ0) is 18.8. The van der Waals surface area contributed by atoms with E-state index in [4.69, 9.17) is 17.3 Å². The molecule has 0 saturated carbocycles. The van der Waals surface area contributed by atoms with Crippen molar-refractivity contribution in [3.05, 3.63) is 55.4 Å². The molecule has 9 heteroatoms. The van der Waals surface area contributed by atoms with Gasteiger partial charge in [0.2, 0.25) is 0 Å². The summed E-state index contributed by atoms with van der Waals surface area (Å²) in [6.07, 6.45) is 0.800. The minimum Gasteiger partial charge on any atom is -0.335 e. The molecular weight excluding hydrogens is 398 g/mol. The highest BCUT2D eigenvalue weighted by atomic mass is 32.1. The van der Waals surface area contributed by atoms with E-state index in [-0.39, 0.29) is 5.91 Å². The van der Waals surface area contributed by atoms with Crippen molar-refractivity contribution in [3.8, 4) is 0 Å². The van der Waals surface area contributed by atoms with Crippen LogP contribution in [0.5, 0.6) is 0 Å². The van der Waals surface area contributed by atoms with Gasteiger partial charge in [0, 0.05) is 44.5 Å². The molecule has 1 saturated heterocycles. The van der Waals surface area contributed by atoms with Gasteiger partial charge in [-0.2, -0.15) is 5.10 Å². The number of hydrogen-bond acceptors (Lipinski definition) is 6. The van der Waals surface area contributed by atoms with Gasteiger partial charge in [-0.15, -0.1) is 22.7 Å². The summed E-state index contributed by atoms with van der Waals surface area (Å²) >= 11 is 8.81. The maximum absolute atomic E-state index is 12.5. The Morgan fingerprint density at radius 3 is 2.56 bits per heavy atom. The van der Waals surface area contributed by atoms with Gasteiger partial charge in [0.1, 0.15) is 5.82 Å². The van der Waals surface area contributed by atoms with Crippen LogP contribution >= 0.6 is 34.9 Å². The zero-order valence-corrected chi connectivity index (χ0v) is 17.5. The molecule has 0 N–H and O–H groups in total. The van der Waals surface area contributed by atoms with E-state index >= 15 is 0 Å². The Hall–Kier alpha value is -1.81. The van der Waals surface area contributed by atoms with Crippen LogP contribution in [0.4, 0.5) is 0 Å². The van der Waals surface area contributed by atoms with E-state index in [1.54, 1.807) is 11.3 Å². The van der Waals surface area contributed by atoms with Crippen LogP contribution in [0.1, 0.15) is 20.4 Å². The van der Waals surface area contributed by atoms with Crippen LogP contribution in [-0.4, -0.2) is 56.2 Å². The summed E-state index contributed by atoms with van der Waals surface area (Å²) in [5, 5.41) is 8.76. The number of rotatable bonds is 5. The van der Waals surface area contributed by atoms with Gasteiger partial charge in [0.25, 0.3) is 5.91 Å². The lowest BCUT2D eigenvalue weighted by Crippen LogP contribution is -2.48. The molecule has 1 amide bonds. The van der Waals surface area contributed by atoms with E-state index in [2.05, 4.69) is 22.4 Å². The van der Waals surface area contributed by atoms with Gasteiger partial charge in [-0.05, 0) is 35.1 Å². The lowest BCUT2D eigenvalue weighted by atomic mass is 10.3. The SMILES string of the molecule is Cn1c(Cc2cccs2)nn(CN2CCN(C(=O)c3cccs3)CC2)c1=S. The Morgan fingerprint density at radius 1 is 1.15 bits per heavy atom. The van der Waals surface area contributed by atoms with Gasteiger partial charge in [0.15, 0.2) is 4.77 Å². The van der Waals surface area contributed by atoms with Crippen molar-refractivity contribution in [3.63, 3.8) is 0 Å². The summed E-state index contributed by atoms with van der Waals surface area (Å²) < 4.78 is 4.62. The summed E-state index contributed by atoms with van der Waals surface area (Å²) in [6, 6.07) is 7.99. The maximum Gasteiger partial charge on any atom is 0.264 e. The molecule has 3 aromatic heterocycles. The monoisotopic (exact) mass is 419 g/mol. The summed E-state index contributed by atoms with van der Waals surface area (Å²) in [5.41, 5.74) is 0. The predicted molar refractivity (Wildman–Crippen MR) is 111 cm³/mol. The number of carbonyl (C=O) groups is 1. The molecular formula is C18H21N5OS3. The van der Waals surface area contributed by atoms with E-state index in [9.17, 15) is 4.79 Å². The van der Waals surface area contributed by atoms with Crippen molar-refractivity contribution >= 4 is 40.8 Å². The third kappa shape index (κ3) is 4.06. The van der Waals surface area contributed by atoms with Gasteiger partial charge in [-0.3, -0.25) is 9.69 Å². The standard InChI is InChI=1S/C18H21N5OS3/c1-20-16(12-14-4-2-10-26-14)19-23(18(20)25)13-21-6-8-22(9-7-21)17(24)15-5-3-11-27-15/h2-5,10-11H,6-9,12-13H2,1H3. The molecule has 1 fully saturated rings. The van der Waals surface area contributed by atoms with E-state index < -0.39 is 0 Å². The lowest BCUT2D eigenvalue weighted by Gasteiger charge is -2.34. The van der Waals surface area contributed by atoms with E-state index in [1.165, 1.54) is 16.2 Å². The van der Waals surface area contributed by atoms with Crippen LogP contribution in [0.15, 0.2) is 35.0 Å². The molecule has 3 aromatic rings. The van der Waals surface area contributed by atoms with Crippen LogP contribution in [0.3, 0.4) is 0 Å². The highest BCUT2D eigenvalue weighted by molar-refractivity contribution is 7.71. The second-order valence-electron chi connectivity index (χ2n) is 6.54. The molecule has 27 heavy (non-hydrogen) atoms. The van der Waals surface area contributed by atoms with Crippen LogP contribution in [-0.2, 0) is 20.1 Å². The van der Waals surface area contributed by atoms with Crippen molar-refractivity contribution in [1.29, 1.82) is 0 Å². The van der Waals surface area contributed by atoms with Gasteiger partial charge in [0.05, 0.1) is 11.5 Å². The molecule has 6 nitrogen and oxygen atoms in total. The predicted octanol–water partition coefficient (Wildman–Crippen LogP) is 3.08. The number of piperazine rings is 1. The molecule has 4 heterocycles. The summed E-state index contributed by atoms with van der Waals surface area (Å²) in [4.78, 5) is 18.8. The molecule has 0 unspecified atom stereocenters. The Kier molecular flexibility index (Phi) is 5.53.